The minimum atomic E-state index is 0.155. The lowest BCUT2D eigenvalue weighted by molar-refractivity contribution is -0.119. The number of hydrogen-bond donors (Lipinski definition) is 2. The van der Waals surface area contributed by atoms with E-state index in [1.807, 2.05) is 0 Å². The van der Waals surface area contributed by atoms with E-state index in [2.05, 4.69) is 40.6 Å². The van der Waals surface area contributed by atoms with Gasteiger partial charge < -0.3 is 5.32 Å². The van der Waals surface area contributed by atoms with Gasteiger partial charge in [-0.15, -0.1) is 0 Å². The molecule has 1 saturated heterocycles. The van der Waals surface area contributed by atoms with E-state index >= 15 is 0 Å². The van der Waals surface area contributed by atoms with Gasteiger partial charge in [0.15, 0.2) is 0 Å². The van der Waals surface area contributed by atoms with Gasteiger partial charge in [-0.1, -0.05) is 31.9 Å². The van der Waals surface area contributed by atoms with Gasteiger partial charge in [0.1, 0.15) is 0 Å². The number of benzene rings is 1. The maximum atomic E-state index is 11.4. The number of nitrogens with zero attached hydrogens (tertiary/aromatic N) is 1. The second kappa shape index (κ2) is 5.41. The number of aromatic amines is 1. The molecule has 1 amide bonds. The topological polar surface area (TPSA) is 57.8 Å². The Morgan fingerprint density at radius 1 is 1.27 bits per heavy atom. The second-order valence-corrected chi connectivity index (χ2v) is 6.95. The van der Waals surface area contributed by atoms with Gasteiger partial charge in [-0.2, -0.15) is 5.10 Å². The van der Waals surface area contributed by atoms with E-state index < -0.39 is 0 Å². The number of carbonyl (C=O) groups excluding carboxylic acids is 1. The van der Waals surface area contributed by atoms with Gasteiger partial charge in [0.25, 0.3) is 0 Å². The largest absolute Gasteiger partial charge is 0.355 e. The Balaban J connectivity index is 1.64. The van der Waals surface area contributed by atoms with Gasteiger partial charge in [0.2, 0.25) is 5.91 Å². The summed E-state index contributed by atoms with van der Waals surface area (Å²) >= 11 is 0. The molecule has 1 saturated carbocycles. The zero-order valence-electron chi connectivity index (χ0n) is 13.1. The molecule has 2 fully saturated rings. The van der Waals surface area contributed by atoms with Crippen LogP contribution >= 0.6 is 0 Å². The van der Waals surface area contributed by atoms with Crippen LogP contribution in [-0.2, 0) is 4.79 Å². The van der Waals surface area contributed by atoms with Crippen molar-refractivity contribution in [1.82, 2.24) is 15.5 Å². The minimum Gasteiger partial charge on any atom is -0.355 e. The molecule has 4 rings (SSSR count). The monoisotopic (exact) mass is 297 g/mol. The lowest BCUT2D eigenvalue weighted by Gasteiger charge is -2.17. The molecule has 2 heterocycles. The van der Waals surface area contributed by atoms with Crippen LogP contribution in [0.15, 0.2) is 18.2 Å². The Labute approximate surface area is 130 Å². The number of carbonyl (C=O) groups is 1. The van der Waals surface area contributed by atoms with E-state index in [0.717, 1.165) is 18.0 Å². The summed E-state index contributed by atoms with van der Waals surface area (Å²) in [6.07, 6.45) is 6.02. The first-order valence-corrected chi connectivity index (χ1v) is 8.47. The molecule has 22 heavy (non-hydrogen) atoms. The average molecular weight is 297 g/mol. The lowest BCUT2D eigenvalue weighted by Crippen LogP contribution is -2.13. The third kappa shape index (κ3) is 2.31. The SMILES string of the molecule is CC(c1[nH]nc2cc(C3CNC(=O)C3)ccc12)C1CCCC1. The zero-order valence-corrected chi connectivity index (χ0v) is 13.1. The summed E-state index contributed by atoms with van der Waals surface area (Å²) in [5.41, 5.74) is 3.54. The van der Waals surface area contributed by atoms with E-state index in [-0.39, 0.29) is 5.91 Å². The summed E-state index contributed by atoms with van der Waals surface area (Å²) in [4.78, 5) is 11.4. The first-order valence-electron chi connectivity index (χ1n) is 8.47. The molecule has 1 aromatic heterocycles. The van der Waals surface area contributed by atoms with Crippen molar-refractivity contribution in [3.05, 3.63) is 29.5 Å². The fourth-order valence-electron chi connectivity index (χ4n) is 4.18. The van der Waals surface area contributed by atoms with Gasteiger partial charge in [-0.3, -0.25) is 9.89 Å². The molecule has 2 aromatic rings. The Kier molecular flexibility index (Phi) is 3.40. The van der Waals surface area contributed by atoms with Crippen LogP contribution in [0.3, 0.4) is 0 Å². The fraction of sp³-hybridized carbons (Fsp3) is 0.556. The summed E-state index contributed by atoms with van der Waals surface area (Å²) in [5.74, 6) is 1.79. The number of amides is 1. The Morgan fingerprint density at radius 2 is 2.09 bits per heavy atom. The van der Waals surface area contributed by atoms with Crippen LogP contribution < -0.4 is 5.32 Å². The molecule has 1 aliphatic heterocycles. The number of hydrogen-bond acceptors (Lipinski definition) is 2. The highest BCUT2D eigenvalue weighted by atomic mass is 16.1. The third-order valence-corrected chi connectivity index (χ3v) is 5.62. The number of rotatable bonds is 3. The normalized spacial score (nSPS) is 24.0. The highest BCUT2D eigenvalue weighted by molar-refractivity contribution is 5.84. The number of fused-ring (bicyclic) bond motifs is 1. The zero-order chi connectivity index (χ0) is 15.1. The van der Waals surface area contributed by atoms with Gasteiger partial charge >= 0.3 is 0 Å². The van der Waals surface area contributed by atoms with Crippen molar-refractivity contribution in [2.75, 3.05) is 6.54 Å². The van der Waals surface area contributed by atoms with Gasteiger partial charge in [-0.25, -0.2) is 0 Å². The molecule has 4 heteroatoms. The molecule has 1 aliphatic carbocycles. The van der Waals surface area contributed by atoms with Gasteiger partial charge in [0, 0.05) is 35.9 Å². The van der Waals surface area contributed by atoms with Crippen molar-refractivity contribution in [2.45, 2.75) is 50.9 Å². The highest BCUT2D eigenvalue weighted by Crippen LogP contribution is 2.39. The standard InChI is InChI=1S/C18H23N3O/c1-11(12-4-2-3-5-12)18-15-7-6-13(8-16(15)20-21-18)14-9-17(22)19-10-14/h6-8,11-12,14H,2-5,9-10H2,1H3,(H,19,22)(H,20,21). The fourth-order valence-corrected chi connectivity index (χ4v) is 4.18. The Morgan fingerprint density at radius 3 is 2.82 bits per heavy atom. The molecule has 4 nitrogen and oxygen atoms in total. The predicted octanol–water partition coefficient (Wildman–Crippen LogP) is 3.46. The van der Waals surface area contributed by atoms with E-state index in [1.54, 1.807) is 0 Å². The molecule has 0 radical (unpaired) electrons. The van der Waals surface area contributed by atoms with Crippen LogP contribution in [0.2, 0.25) is 0 Å². The van der Waals surface area contributed by atoms with Gasteiger partial charge in [0.05, 0.1) is 5.52 Å². The van der Waals surface area contributed by atoms with Crippen LogP contribution in [0.1, 0.15) is 62.1 Å². The van der Waals surface area contributed by atoms with Crippen LogP contribution in [0.4, 0.5) is 0 Å². The van der Waals surface area contributed by atoms with E-state index in [4.69, 9.17) is 0 Å². The van der Waals surface area contributed by atoms with E-state index in [9.17, 15) is 4.79 Å². The van der Waals surface area contributed by atoms with Crippen molar-refractivity contribution in [3.8, 4) is 0 Å². The molecule has 2 N–H and O–H groups in total. The molecule has 0 spiro atoms. The molecule has 2 unspecified atom stereocenters. The molecule has 1 aromatic carbocycles. The lowest BCUT2D eigenvalue weighted by atomic mass is 9.88. The van der Waals surface area contributed by atoms with Crippen LogP contribution in [0, 0.1) is 5.92 Å². The third-order valence-electron chi connectivity index (χ3n) is 5.62. The van der Waals surface area contributed by atoms with E-state index in [1.165, 1.54) is 42.3 Å². The highest BCUT2D eigenvalue weighted by Gasteiger charge is 2.27. The Bertz CT molecular complexity index is 699. The maximum absolute atomic E-state index is 11.4. The number of aromatic nitrogens is 2. The van der Waals surface area contributed by atoms with Crippen molar-refractivity contribution in [2.24, 2.45) is 5.92 Å². The van der Waals surface area contributed by atoms with Crippen LogP contribution in [0.25, 0.3) is 10.9 Å². The first kappa shape index (κ1) is 13.8. The maximum Gasteiger partial charge on any atom is 0.220 e. The molecule has 0 bridgehead atoms. The van der Waals surface area contributed by atoms with Gasteiger partial charge in [-0.05, 0) is 30.4 Å². The number of H-pyrrole nitrogens is 1. The molecule has 2 atom stereocenters. The molecule has 2 aliphatic rings. The smallest absolute Gasteiger partial charge is 0.220 e. The van der Waals surface area contributed by atoms with Crippen LogP contribution in [-0.4, -0.2) is 22.6 Å². The van der Waals surface area contributed by atoms with Crippen molar-refractivity contribution in [3.63, 3.8) is 0 Å². The first-order chi connectivity index (χ1) is 10.7. The predicted molar refractivity (Wildman–Crippen MR) is 86.8 cm³/mol. The summed E-state index contributed by atoms with van der Waals surface area (Å²) < 4.78 is 0. The van der Waals surface area contributed by atoms with E-state index in [0.29, 0.717) is 18.3 Å². The molecular weight excluding hydrogens is 274 g/mol. The summed E-state index contributed by atoms with van der Waals surface area (Å²) in [6, 6.07) is 6.52. The van der Waals surface area contributed by atoms with Crippen molar-refractivity contribution in [1.29, 1.82) is 0 Å². The van der Waals surface area contributed by atoms with Crippen molar-refractivity contribution < 1.29 is 4.79 Å². The van der Waals surface area contributed by atoms with Crippen molar-refractivity contribution >= 4 is 16.8 Å². The summed E-state index contributed by atoms with van der Waals surface area (Å²) in [7, 11) is 0. The minimum absolute atomic E-state index is 0.155. The number of nitrogens with one attached hydrogen (secondary N) is 2. The average Bonchev–Trinajstić information content (AvgIpc) is 3.26. The van der Waals surface area contributed by atoms with Crippen LogP contribution in [0.5, 0.6) is 0 Å². The summed E-state index contributed by atoms with van der Waals surface area (Å²) in [6.45, 7) is 3.08. The molecule has 116 valence electrons. The second-order valence-electron chi connectivity index (χ2n) is 6.95. The molecular formula is C18H23N3O. The Hall–Kier alpha value is -1.84. The summed E-state index contributed by atoms with van der Waals surface area (Å²) in [5, 5.41) is 12.0. The quantitative estimate of drug-likeness (QED) is 0.911.